The largest absolute Gasteiger partial charge is 0.310 e. The van der Waals surface area contributed by atoms with Crippen LogP contribution in [0.3, 0.4) is 0 Å². The molecule has 4 bridgehead atoms. The summed E-state index contributed by atoms with van der Waals surface area (Å²) < 4.78 is 0. The van der Waals surface area contributed by atoms with E-state index in [4.69, 9.17) is 0 Å². The van der Waals surface area contributed by atoms with Crippen molar-refractivity contribution in [2.75, 3.05) is 4.90 Å². The quantitative estimate of drug-likeness (QED) is 0.183. The molecule has 13 rings (SSSR count). The maximum absolute atomic E-state index is 2.59. The summed E-state index contributed by atoms with van der Waals surface area (Å²) in [4.78, 5) is 2.56. The lowest BCUT2D eigenvalue weighted by molar-refractivity contribution is 0.0618. The molecular weight excluding hydrogens is 615 g/mol. The molecular formula is C50H45N. The Hall–Kier alpha value is -4.62. The first-order valence-corrected chi connectivity index (χ1v) is 20.0. The number of anilines is 3. The van der Waals surface area contributed by atoms with E-state index in [-0.39, 0.29) is 10.8 Å². The van der Waals surface area contributed by atoms with Crippen molar-refractivity contribution in [2.45, 2.75) is 75.0 Å². The van der Waals surface area contributed by atoms with E-state index >= 15 is 0 Å². The van der Waals surface area contributed by atoms with E-state index in [1.165, 1.54) is 114 Å². The number of benzene rings is 6. The number of hydrogen-bond acceptors (Lipinski definition) is 1. The highest BCUT2D eigenvalue weighted by Gasteiger charge is 2.59. The first-order valence-electron chi connectivity index (χ1n) is 20.0. The van der Waals surface area contributed by atoms with E-state index in [1.54, 1.807) is 22.3 Å². The molecule has 1 nitrogen and oxygen atoms in total. The Morgan fingerprint density at radius 3 is 1.82 bits per heavy atom. The van der Waals surface area contributed by atoms with Crippen molar-refractivity contribution >= 4 is 27.8 Å². The molecule has 0 radical (unpaired) electrons. The Morgan fingerprint density at radius 2 is 1.00 bits per heavy atom. The minimum atomic E-state index is 0.177. The Balaban J connectivity index is 1.07. The van der Waals surface area contributed by atoms with E-state index in [9.17, 15) is 0 Å². The van der Waals surface area contributed by atoms with Gasteiger partial charge in [-0.3, -0.25) is 0 Å². The van der Waals surface area contributed by atoms with E-state index in [2.05, 4.69) is 132 Å². The van der Waals surface area contributed by atoms with Crippen molar-refractivity contribution in [1.29, 1.82) is 0 Å². The van der Waals surface area contributed by atoms with Crippen LogP contribution in [0.25, 0.3) is 33.0 Å². The smallest absolute Gasteiger partial charge is 0.0468 e. The van der Waals surface area contributed by atoms with E-state index in [1.807, 2.05) is 0 Å². The van der Waals surface area contributed by atoms with Crippen LogP contribution in [0.2, 0.25) is 0 Å². The van der Waals surface area contributed by atoms with Gasteiger partial charge in [-0.15, -0.1) is 0 Å². The van der Waals surface area contributed by atoms with Gasteiger partial charge in [-0.1, -0.05) is 110 Å². The molecule has 5 saturated carbocycles. The monoisotopic (exact) mass is 659 g/mol. The maximum Gasteiger partial charge on any atom is 0.0468 e. The zero-order valence-corrected chi connectivity index (χ0v) is 29.5. The molecule has 0 aliphatic heterocycles. The van der Waals surface area contributed by atoms with Gasteiger partial charge in [-0.2, -0.15) is 0 Å². The minimum absolute atomic E-state index is 0.177. The van der Waals surface area contributed by atoms with Crippen LogP contribution < -0.4 is 4.90 Å². The van der Waals surface area contributed by atoms with Gasteiger partial charge in [0.15, 0.2) is 0 Å². The Labute approximate surface area is 302 Å². The summed E-state index contributed by atoms with van der Waals surface area (Å²) in [5.41, 5.74) is 16.3. The van der Waals surface area contributed by atoms with Gasteiger partial charge in [0.1, 0.15) is 0 Å². The molecule has 5 atom stereocenters. The standard InChI is InChI=1S/C50H45N/c1-2-10-35-29-38(18-16-34(35)9-1)51(39-19-21-46-43(30-39)41-11-3-5-13-45(41)49(46)23-7-8-24-49)40-20-22-48-44(31-40)42-12-4-6-14-47(42)50(48)36-17-15-32-25-33(27-36)28-37(50)26-32/h1-6,9-14,16,18-22,29-33,36-37H,7-8,15,17,23-28H2. The van der Waals surface area contributed by atoms with Crippen LogP contribution in [0.15, 0.2) is 127 Å². The highest BCUT2D eigenvalue weighted by Crippen LogP contribution is 2.68. The van der Waals surface area contributed by atoms with Crippen LogP contribution in [0.4, 0.5) is 17.1 Å². The lowest BCUT2D eigenvalue weighted by Gasteiger charge is -2.53. The summed E-state index contributed by atoms with van der Waals surface area (Å²) in [6.07, 6.45) is 13.8. The normalized spacial score (nSPS) is 27.1. The molecule has 5 unspecified atom stereocenters. The molecule has 0 saturated heterocycles. The molecule has 2 spiro atoms. The third-order valence-electron chi connectivity index (χ3n) is 15.1. The maximum atomic E-state index is 2.59. The number of nitrogens with zero attached hydrogens (tertiary/aromatic N) is 1. The fourth-order valence-corrected chi connectivity index (χ4v) is 13.3. The minimum Gasteiger partial charge on any atom is -0.310 e. The van der Waals surface area contributed by atoms with Crippen LogP contribution in [0, 0.1) is 23.7 Å². The molecule has 51 heavy (non-hydrogen) atoms. The van der Waals surface area contributed by atoms with Crippen LogP contribution in [-0.4, -0.2) is 0 Å². The summed E-state index contributed by atoms with van der Waals surface area (Å²) in [6.45, 7) is 0. The highest BCUT2D eigenvalue weighted by molar-refractivity contribution is 5.93. The fourth-order valence-electron chi connectivity index (χ4n) is 13.3. The zero-order valence-electron chi connectivity index (χ0n) is 29.5. The summed E-state index contributed by atoms with van der Waals surface area (Å²) in [7, 11) is 0. The van der Waals surface area contributed by atoms with Crippen molar-refractivity contribution < 1.29 is 0 Å². The molecule has 5 fully saturated rings. The molecule has 0 N–H and O–H groups in total. The van der Waals surface area contributed by atoms with Gasteiger partial charge in [0.05, 0.1) is 0 Å². The van der Waals surface area contributed by atoms with Crippen LogP contribution in [0.1, 0.15) is 86.5 Å². The predicted molar refractivity (Wildman–Crippen MR) is 211 cm³/mol. The zero-order chi connectivity index (χ0) is 33.3. The van der Waals surface area contributed by atoms with Crippen molar-refractivity contribution in [2.24, 2.45) is 23.7 Å². The first-order chi connectivity index (χ1) is 25.2. The van der Waals surface area contributed by atoms with E-state index in [0.29, 0.717) is 0 Å². The van der Waals surface area contributed by atoms with Crippen molar-refractivity contribution in [1.82, 2.24) is 0 Å². The fraction of sp³-hybridized carbons (Fsp3) is 0.320. The van der Waals surface area contributed by atoms with Crippen molar-refractivity contribution in [3.8, 4) is 22.3 Å². The number of hydrogen-bond donors (Lipinski definition) is 0. The molecule has 7 aliphatic rings. The predicted octanol–water partition coefficient (Wildman–Crippen LogP) is 13.3. The Morgan fingerprint density at radius 1 is 0.431 bits per heavy atom. The highest BCUT2D eigenvalue weighted by atomic mass is 15.1. The molecule has 7 aliphatic carbocycles. The lowest BCUT2D eigenvalue weighted by atomic mass is 9.51. The van der Waals surface area contributed by atoms with Crippen LogP contribution in [0.5, 0.6) is 0 Å². The van der Waals surface area contributed by atoms with E-state index in [0.717, 1.165) is 23.7 Å². The van der Waals surface area contributed by atoms with Gasteiger partial charge in [0, 0.05) is 27.9 Å². The SMILES string of the molecule is c1ccc2c(c1)-c1cc(N(c3ccc4c(c3)-c3ccccc3C43C4CCC5CC(C4)CC3C5)c3ccc4ccccc4c3)ccc1C21CCCC1. The van der Waals surface area contributed by atoms with Gasteiger partial charge in [0.2, 0.25) is 0 Å². The van der Waals surface area contributed by atoms with Crippen LogP contribution >= 0.6 is 0 Å². The van der Waals surface area contributed by atoms with Crippen molar-refractivity contribution in [3.63, 3.8) is 0 Å². The van der Waals surface area contributed by atoms with E-state index < -0.39 is 0 Å². The van der Waals surface area contributed by atoms with Gasteiger partial charge in [-0.25, -0.2) is 0 Å². The number of rotatable bonds is 3. The van der Waals surface area contributed by atoms with Gasteiger partial charge >= 0.3 is 0 Å². The average Bonchev–Trinajstić information content (AvgIpc) is 3.81. The Bertz CT molecular complexity index is 2380. The molecule has 0 aromatic heterocycles. The van der Waals surface area contributed by atoms with Crippen LogP contribution in [-0.2, 0) is 10.8 Å². The molecule has 0 amide bonds. The third-order valence-corrected chi connectivity index (χ3v) is 15.1. The third kappa shape index (κ3) is 3.83. The van der Waals surface area contributed by atoms with Gasteiger partial charge in [-0.05, 0) is 160 Å². The molecule has 250 valence electrons. The topological polar surface area (TPSA) is 3.24 Å². The summed E-state index contributed by atoms with van der Waals surface area (Å²) in [5.74, 6) is 3.41. The second kappa shape index (κ2) is 10.5. The van der Waals surface area contributed by atoms with Crippen molar-refractivity contribution in [3.05, 3.63) is 150 Å². The second-order valence-electron chi connectivity index (χ2n) is 17.2. The first kappa shape index (κ1) is 29.0. The molecule has 0 heterocycles. The number of fused-ring (bicyclic) bond motifs is 10. The molecule has 6 aromatic rings. The molecule has 6 aromatic carbocycles. The second-order valence-corrected chi connectivity index (χ2v) is 17.2. The Kier molecular flexibility index (Phi) is 5.96. The van der Waals surface area contributed by atoms with Gasteiger partial charge in [0.25, 0.3) is 0 Å². The lowest BCUT2D eigenvalue weighted by Crippen LogP contribution is -2.48. The summed E-state index contributed by atoms with van der Waals surface area (Å²) in [5, 5.41) is 2.57. The summed E-state index contributed by atoms with van der Waals surface area (Å²) in [6, 6.07) is 49.9. The van der Waals surface area contributed by atoms with Gasteiger partial charge < -0.3 is 4.90 Å². The molecule has 1 heteroatoms. The average molecular weight is 660 g/mol. The summed E-state index contributed by atoms with van der Waals surface area (Å²) >= 11 is 0.